The highest BCUT2D eigenvalue weighted by Gasteiger charge is 2.31. The number of piperidine rings is 1. The van der Waals surface area contributed by atoms with Gasteiger partial charge in [0.2, 0.25) is 5.95 Å². The van der Waals surface area contributed by atoms with E-state index in [0.717, 1.165) is 92.8 Å². The molecule has 2 aromatic heterocycles. The number of aromatic nitrogens is 3. The van der Waals surface area contributed by atoms with E-state index in [-0.39, 0.29) is 24.4 Å². The third-order valence-corrected chi connectivity index (χ3v) is 8.72. The Morgan fingerprint density at radius 2 is 1.88 bits per heavy atom. The number of ether oxygens (including phenoxy) is 2. The fourth-order valence-electron chi connectivity index (χ4n) is 6.52. The largest absolute Gasteiger partial charge is 0.378 e. The Kier molecular flexibility index (Phi) is 8.40. The van der Waals surface area contributed by atoms with Crippen molar-refractivity contribution < 1.29 is 9.47 Å². The highest BCUT2D eigenvalue weighted by Crippen LogP contribution is 2.30. The summed E-state index contributed by atoms with van der Waals surface area (Å²) in [4.78, 5) is 23.7. The second kappa shape index (κ2) is 12.4. The molecule has 2 N–H and O–H groups in total. The topological polar surface area (TPSA) is 120 Å². The number of anilines is 3. The van der Waals surface area contributed by atoms with Crippen LogP contribution in [-0.2, 0) is 9.47 Å². The molecule has 4 atom stereocenters. The lowest BCUT2D eigenvalue weighted by atomic mass is 10.0. The van der Waals surface area contributed by atoms with Crippen LogP contribution in [0.25, 0.3) is 10.9 Å². The minimum absolute atomic E-state index is 0.0113. The second-order valence-corrected chi connectivity index (χ2v) is 11.7. The number of methoxy groups -OCH3 is 1. The van der Waals surface area contributed by atoms with Crippen molar-refractivity contribution in [3.05, 3.63) is 47.8 Å². The molecule has 42 heavy (non-hydrogen) atoms. The van der Waals surface area contributed by atoms with Crippen LogP contribution in [-0.4, -0.2) is 110 Å². The summed E-state index contributed by atoms with van der Waals surface area (Å²) < 4.78 is 12.0. The van der Waals surface area contributed by atoms with Crippen molar-refractivity contribution in [3.8, 4) is 6.07 Å². The van der Waals surface area contributed by atoms with Crippen LogP contribution in [0.15, 0.2) is 36.5 Å². The molecule has 0 saturated carbocycles. The van der Waals surface area contributed by atoms with Crippen molar-refractivity contribution in [2.24, 2.45) is 5.73 Å². The lowest BCUT2D eigenvalue weighted by Crippen LogP contribution is -2.54. The number of hydrogen-bond acceptors (Lipinski definition) is 11. The van der Waals surface area contributed by atoms with Crippen LogP contribution in [0.3, 0.4) is 0 Å². The van der Waals surface area contributed by atoms with Gasteiger partial charge in [0.25, 0.3) is 0 Å². The number of pyridine rings is 1. The van der Waals surface area contributed by atoms with Crippen molar-refractivity contribution in [1.82, 2.24) is 19.9 Å². The van der Waals surface area contributed by atoms with Gasteiger partial charge in [-0.05, 0) is 44.5 Å². The van der Waals surface area contributed by atoms with Gasteiger partial charge in [0.15, 0.2) is 0 Å². The Labute approximate surface area is 247 Å². The van der Waals surface area contributed by atoms with E-state index in [9.17, 15) is 5.26 Å². The summed E-state index contributed by atoms with van der Waals surface area (Å²) in [6, 6.07) is 12.4. The number of piperazine rings is 1. The molecule has 11 heteroatoms. The van der Waals surface area contributed by atoms with E-state index in [4.69, 9.17) is 25.2 Å². The summed E-state index contributed by atoms with van der Waals surface area (Å²) in [5.74, 6) is 1.74. The van der Waals surface area contributed by atoms with E-state index in [1.54, 1.807) is 13.3 Å². The summed E-state index contributed by atoms with van der Waals surface area (Å²) in [6.07, 6.45) is 2.80. The van der Waals surface area contributed by atoms with E-state index >= 15 is 0 Å². The van der Waals surface area contributed by atoms with Crippen molar-refractivity contribution >= 4 is 28.4 Å². The van der Waals surface area contributed by atoms with E-state index in [1.165, 1.54) is 0 Å². The fourth-order valence-corrected chi connectivity index (χ4v) is 6.52. The maximum atomic E-state index is 9.56. The molecule has 0 unspecified atom stereocenters. The number of aryl methyl sites for hydroxylation is 1. The van der Waals surface area contributed by atoms with E-state index < -0.39 is 0 Å². The molecule has 5 heterocycles. The highest BCUT2D eigenvalue weighted by atomic mass is 16.5. The van der Waals surface area contributed by atoms with Crippen molar-refractivity contribution in [2.75, 3.05) is 80.7 Å². The number of benzene rings is 1. The van der Waals surface area contributed by atoms with Gasteiger partial charge in [-0.2, -0.15) is 10.2 Å². The summed E-state index contributed by atoms with van der Waals surface area (Å²) >= 11 is 0. The highest BCUT2D eigenvalue weighted by molar-refractivity contribution is 5.95. The van der Waals surface area contributed by atoms with Gasteiger partial charge in [0, 0.05) is 101 Å². The number of nitrogens with two attached hydrogens (primary N) is 1. The third kappa shape index (κ3) is 5.99. The Morgan fingerprint density at radius 1 is 1.05 bits per heavy atom. The van der Waals surface area contributed by atoms with Crippen molar-refractivity contribution in [2.45, 2.75) is 44.6 Å². The Hall–Kier alpha value is -3.56. The molecule has 3 aliphatic rings. The van der Waals surface area contributed by atoms with Crippen molar-refractivity contribution in [1.29, 1.82) is 5.26 Å². The van der Waals surface area contributed by atoms with Crippen LogP contribution in [0, 0.1) is 18.3 Å². The molecule has 11 nitrogen and oxygen atoms in total. The van der Waals surface area contributed by atoms with Crippen LogP contribution < -0.4 is 20.4 Å². The Morgan fingerprint density at radius 3 is 2.67 bits per heavy atom. The number of nitriles is 1. The molecule has 0 spiro atoms. The SMILES string of the molecule is CO[C@H]1CN(c2nc(C)cc(N3CCN(C[C@H]4CN(c5ccc(C#N)c6ncccc56)C[C@@H](C)O4)CC3)n2)CC[C@@H]1N. The number of fused-ring (bicyclic) bond motifs is 1. The standard InChI is InChI=1S/C31H41N9O2/c1-21-15-29(36-31(35-21)39-10-8-26(33)28(20-39)41-3)38-13-11-37(12-14-38)18-24-19-40(17-22(2)42-24)27-7-6-23(16-32)30-25(27)5-4-9-34-30/h4-7,9,15,22,24,26,28H,8,10-14,17-20,33H2,1-3H3/t22-,24+,26+,28+/m1/s1. The zero-order valence-corrected chi connectivity index (χ0v) is 24.8. The molecule has 1 aromatic carbocycles. The lowest BCUT2D eigenvalue weighted by Gasteiger charge is -2.42. The van der Waals surface area contributed by atoms with E-state index in [2.05, 4.69) is 55.8 Å². The average Bonchev–Trinajstić information content (AvgIpc) is 3.00. The molecule has 6 rings (SSSR count). The lowest BCUT2D eigenvalue weighted by molar-refractivity contribution is -0.0327. The second-order valence-electron chi connectivity index (χ2n) is 11.7. The molecule has 3 saturated heterocycles. The predicted molar refractivity (Wildman–Crippen MR) is 164 cm³/mol. The first kappa shape index (κ1) is 28.6. The minimum atomic E-state index is -0.0113. The first-order chi connectivity index (χ1) is 20.4. The maximum absolute atomic E-state index is 9.56. The van der Waals surface area contributed by atoms with Gasteiger partial charge in [0.1, 0.15) is 11.9 Å². The molecule has 0 radical (unpaired) electrons. The zero-order chi connectivity index (χ0) is 29.2. The summed E-state index contributed by atoms with van der Waals surface area (Å²) in [5, 5.41) is 10.6. The van der Waals surface area contributed by atoms with Crippen molar-refractivity contribution in [3.63, 3.8) is 0 Å². The first-order valence-electron chi connectivity index (χ1n) is 15.0. The molecule has 0 aliphatic carbocycles. The number of hydrogen-bond donors (Lipinski definition) is 1. The van der Waals surface area contributed by atoms with Crippen LogP contribution in [0.4, 0.5) is 17.5 Å². The minimum Gasteiger partial charge on any atom is -0.378 e. The van der Waals surface area contributed by atoms with Crippen LogP contribution in [0.5, 0.6) is 0 Å². The van der Waals surface area contributed by atoms with Gasteiger partial charge in [0.05, 0.1) is 29.4 Å². The molecule has 222 valence electrons. The first-order valence-corrected chi connectivity index (χ1v) is 15.0. The molecular formula is C31H41N9O2. The molecule has 3 aliphatic heterocycles. The maximum Gasteiger partial charge on any atom is 0.227 e. The molecular weight excluding hydrogens is 530 g/mol. The van der Waals surface area contributed by atoms with Crippen LogP contribution >= 0.6 is 0 Å². The fraction of sp³-hybridized carbons (Fsp3) is 0.548. The third-order valence-electron chi connectivity index (χ3n) is 8.72. The number of nitrogens with zero attached hydrogens (tertiary/aromatic N) is 8. The van der Waals surface area contributed by atoms with Crippen LogP contribution in [0.2, 0.25) is 0 Å². The van der Waals surface area contributed by atoms with E-state index in [1.807, 2.05) is 19.1 Å². The van der Waals surface area contributed by atoms with Gasteiger partial charge in [-0.25, -0.2) is 4.98 Å². The van der Waals surface area contributed by atoms with E-state index in [0.29, 0.717) is 12.1 Å². The molecule has 3 fully saturated rings. The van der Waals surface area contributed by atoms with Gasteiger partial charge < -0.3 is 29.9 Å². The summed E-state index contributed by atoms with van der Waals surface area (Å²) in [7, 11) is 1.72. The zero-order valence-electron chi connectivity index (χ0n) is 24.8. The van der Waals surface area contributed by atoms with Gasteiger partial charge in [-0.3, -0.25) is 9.88 Å². The van der Waals surface area contributed by atoms with Gasteiger partial charge >= 0.3 is 0 Å². The molecule has 3 aromatic rings. The Balaban J connectivity index is 1.09. The molecule has 0 bridgehead atoms. The van der Waals surface area contributed by atoms with Crippen LogP contribution in [0.1, 0.15) is 24.6 Å². The summed E-state index contributed by atoms with van der Waals surface area (Å²) in [5.41, 5.74) is 9.68. The number of rotatable bonds is 6. The Bertz CT molecular complexity index is 1440. The average molecular weight is 572 g/mol. The quantitative estimate of drug-likeness (QED) is 0.469. The van der Waals surface area contributed by atoms with Gasteiger partial charge in [-0.15, -0.1) is 0 Å². The number of morpholine rings is 1. The summed E-state index contributed by atoms with van der Waals surface area (Å²) in [6.45, 7) is 11.9. The normalized spacial score (nSPS) is 25.5. The monoisotopic (exact) mass is 571 g/mol. The smallest absolute Gasteiger partial charge is 0.227 e. The predicted octanol–water partition coefficient (Wildman–Crippen LogP) is 2.17. The van der Waals surface area contributed by atoms with Gasteiger partial charge in [-0.1, -0.05) is 0 Å². The molecule has 0 amide bonds.